The molecule has 0 bridgehead atoms. The number of nitrogens with zero attached hydrogens (tertiary/aromatic N) is 1. The average molecular weight is 242 g/mol. The molecule has 2 N–H and O–H groups in total. The summed E-state index contributed by atoms with van der Waals surface area (Å²) in [5.41, 5.74) is 7.41. The van der Waals surface area contributed by atoms with Crippen molar-refractivity contribution in [3.63, 3.8) is 0 Å². The Hall–Kier alpha value is -1.74. The van der Waals surface area contributed by atoms with E-state index in [1.54, 1.807) is 6.20 Å². The number of carbonyl (C=O) groups is 1. The smallest absolute Gasteiger partial charge is 0.179 e. The Morgan fingerprint density at radius 1 is 1.39 bits per heavy atom. The van der Waals surface area contributed by atoms with Crippen LogP contribution in [0.3, 0.4) is 0 Å². The summed E-state index contributed by atoms with van der Waals surface area (Å²) in [5.74, 6) is 0.0102. The molecule has 0 fully saturated rings. The number of hydrogen-bond donors (Lipinski definition) is 1. The normalized spacial score (nSPS) is 12.6. The van der Waals surface area contributed by atoms with Gasteiger partial charge < -0.3 is 5.73 Å². The molecule has 0 amide bonds. The van der Waals surface area contributed by atoms with E-state index in [-0.39, 0.29) is 5.78 Å². The van der Waals surface area contributed by atoms with Gasteiger partial charge in [-0.25, -0.2) is 0 Å². The number of rotatable bonds is 5. The van der Waals surface area contributed by atoms with Crippen molar-refractivity contribution < 1.29 is 4.79 Å². The highest BCUT2D eigenvalue weighted by Gasteiger charge is 2.15. The first-order chi connectivity index (χ1) is 8.72. The van der Waals surface area contributed by atoms with Crippen molar-refractivity contribution in [1.29, 1.82) is 0 Å². The van der Waals surface area contributed by atoms with E-state index >= 15 is 0 Å². The van der Waals surface area contributed by atoms with Crippen LogP contribution >= 0.6 is 0 Å². The number of nitrogens with two attached hydrogens (primary N) is 1. The van der Waals surface area contributed by atoms with E-state index in [0.29, 0.717) is 5.56 Å². The molecular weight excluding hydrogens is 224 g/mol. The number of carbonyl (C=O) groups excluding carboxylic acids is 1. The molecule has 0 aliphatic carbocycles. The second kappa shape index (κ2) is 5.74. The predicted molar refractivity (Wildman–Crippen MR) is 73.6 cm³/mol. The van der Waals surface area contributed by atoms with Crippen molar-refractivity contribution in [2.24, 2.45) is 5.73 Å². The maximum atomic E-state index is 12.1. The van der Waals surface area contributed by atoms with Crippen molar-refractivity contribution >= 4 is 16.7 Å². The largest absolute Gasteiger partial charge is 0.321 e. The van der Waals surface area contributed by atoms with Crippen LogP contribution < -0.4 is 5.73 Å². The Morgan fingerprint density at radius 2 is 2.22 bits per heavy atom. The third kappa shape index (κ3) is 2.74. The highest BCUT2D eigenvalue weighted by atomic mass is 16.1. The summed E-state index contributed by atoms with van der Waals surface area (Å²) < 4.78 is 0. The van der Waals surface area contributed by atoms with Gasteiger partial charge in [-0.05, 0) is 18.6 Å². The van der Waals surface area contributed by atoms with E-state index in [4.69, 9.17) is 5.73 Å². The number of benzene rings is 1. The van der Waals surface area contributed by atoms with Gasteiger partial charge in [-0.3, -0.25) is 9.78 Å². The van der Waals surface area contributed by atoms with Crippen LogP contribution in [0, 0.1) is 0 Å². The minimum Gasteiger partial charge on any atom is -0.321 e. The fourth-order valence-corrected chi connectivity index (χ4v) is 1.99. The summed E-state index contributed by atoms with van der Waals surface area (Å²) in [6.45, 7) is 2.09. The Bertz CT molecular complexity index is 551. The quantitative estimate of drug-likeness (QED) is 0.820. The molecule has 3 nitrogen and oxygen atoms in total. The zero-order chi connectivity index (χ0) is 13.0. The van der Waals surface area contributed by atoms with Crippen molar-refractivity contribution in [2.45, 2.75) is 32.2 Å². The zero-order valence-corrected chi connectivity index (χ0v) is 10.6. The molecule has 0 aliphatic heterocycles. The van der Waals surface area contributed by atoms with Gasteiger partial charge in [0.1, 0.15) is 0 Å². The molecule has 2 rings (SSSR count). The van der Waals surface area contributed by atoms with E-state index in [2.05, 4.69) is 11.9 Å². The van der Waals surface area contributed by atoms with Crippen LogP contribution in [0.15, 0.2) is 36.5 Å². The summed E-state index contributed by atoms with van der Waals surface area (Å²) in [5, 5.41) is 1.04. The summed E-state index contributed by atoms with van der Waals surface area (Å²) in [4.78, 5) is 16.4. The number of pyridine rings is 1. The molecule has 1 heterocycles. The molecule has 94 valence electrons. The topological polar surface area (TPSA) is 56.0 Å². The fraction of sp³-hybridized carbons (Fsp3) is 0.333. The molecule has 0 saturated heterocycles. The molecule has 1 atom stereocenters. The molecule has 0 aliphatic rings. The SMILES string of the molecule is CCCCC(N)C(=O)c1ccc2cccnc2c1. The van der Waals surface area contributed by atoms with Crippen molar-refractivity contribution in [2.75, 3.05) is 0 Å². The van der Waals surface area contributed by atoms with Crippen LogP contribution in [0.1, 0.15) is 36.5 Å². The van der Waals surface area contributed by atoms with Crippen LogP contribution in [0.4, 0.5) is 0 Å². The van der Waals surface area contributed by atoms with Gasteiger partial charge in [0.05, 0.1) is 11.6 Å². The minimum atomic E-state index is -0.397. The van der Waals surface area contributed by atoms with E-state index in [1.807, 2.05) is 30.3 Å². The van der Waals surface area contributed by atoms with Crippen LogP contribution in [0.5, 0.6) is 0 Å². The molecule has 3 heteroatoms. The molecule has 0 saturated carbocycles. The lowest BCUT2D eigenvalue weighted by Gasteiger charge is -2.10. The molecule has 1 aromatic heterocycles. The number of fused-ring (bicyclic) bond motifs is 1. The number of Topliss-reactive ketones (excluding diaryl/α,β-unsaturated/α-hetero) is 1. The van der Waals surface area contributed by atoms with Crippen molar-refractivity contribution in [1.82, 2.24) is 4.98 Å². The van der Waals surface area contributed by atoms with Gasteiger partial charge in [0.2, 0.25) is 0 Å². The molecule has 18 heavy (non-hydrogen) atoms. The number of aromatic nitrogens is 1. The maximum Gasteiger partial charge on any atom is 0.179 e. The summed E-state index contributed by atoms with van der Waals surface area (Å²) in [6, 6.07) is 9.04. The minimum absolute atomic E-state index is 0.0102. The number of hydrogen-bond acceptors (Lipinski definition) is 3. The number of unbranched alkanes of at least 4 members (excludes halogenated alkanes) is 1. The molecule has 1 unspecified atom stereocenters. The van der Waals surface area contributed by atoms with Gasteiger partial charge >= 0.3 is 0 Å². The van der Waals surface area contributed by atoms with Gasteiger partial charge in [-0.15, -0.1) is 0 Å². The van der Waals surface area contributed by atoms with Gasteiger partial charge in [0.25, 0.3) is 0 Å². The van der Waals surface area contributed by atoms with Crippen LogP contribution in [0.2, 0.25) is 0 Å². The molecule has 2 aromatic rings. The first-order valence-corrected chi connectivity index (χ1v) is 6.37. The monoisotopic (exact) mass is 242 g/mol. The lowest BCUT2D eigenvalue weighted by atomic mass is 9.99. The predicted octanol–water partition coefficient (Wildman–Crippen LogP) is 2.94. The van der Waals surface area contributed by atoms with E-state index in [1.165, 1.54) is 0 Å². The zero-order valence-electron chi connectivity index (χ0n) is 10.6. The van der Waals surface area contributed by atoms with Crippen LogP contribution in [-0.4, -0.2) is 16.8 Å². The third-order valence-corrected chi connectivity index (χ3v) is 3.10. The summed E-state index contributed by atoms with van der Waals surface area (Å²) in [6.07, 6.45) is 4.52. The standard InChI is InChI=1S/C15H18N2O/c1-2-3-6-13(16)15(18)12-8-7-11-5-4-9-17-14(11)10-12/h4-5,7-10,13H,2-3,6,16H2,1H3. The molecule has 0 radical (unpaired) electrons. The van der Waals surface area contributed by atoms with Gasteiger partial charge in [0.15, 0.2) is 5.78 Å². The van der Waals surface area contributed by atoms with Crippen molar-refractivity contribution in [3.05, 3.63) is 42.1 Å². The summed E-state index contributed by atoms with van der Waals surface area (Å²) in [7, 11) is 0. The van der Waals surface area contributed by atoms with Crippen LogP contribution in [-0.2, 0) is 0 Å². The van der Waals surface area contributed by atoms with E-state index in [9.17, 15) is 4.79 Å². The Balaban J connectivity index is 2.22. The van der Waals surface area contributed by atoms with E-state index in [0.717, 1.165) is 30.2 Å². The highest BCUT2D eigenvalue weighted by molar-refractivity contribution is 6.02. The molecular formula is C15H18N2O. The Labute approximate surface area is 107 Å². The molecule has 1 aromatic carbocycles. The van der Waals surface area contributed by atoms with Gasteiger partial charge in [-0.2, -0.15) is 0 Å². The maximum absolute atomic E-state index is 12.1. The first kappa shape index (κ1) is 12.7. The summed E-state index contributed by atoms with van der Waals surface area (Å²) >= 11 is 0. The second-order valence-electron chi connectivity index (χ2n) is 4.52. The van der Waals surface area contributed by atoms with Crippen molar-refractivity contribution in [3.8, 4) is 0 Å². The Kier molecular flexibility index (Phi) is 4.05. The fourth-order valence-electron chi connectivity index (χ4n) is 1.99. The average Bonchev–Trinajstić information content (AvgIpc) is 2.43. The first-order valence-electron chi connectivity index (χ1n) is 6.37. The third-order valence-electron chi connectivity index (χ3n) is 3.10. The lowest BCUT2D eigenvalue weighted by molar-refractivity contribution is 0.0956. The number of ketones is 1. The van der Waals surface area contributed by atoms with Crippen LogP contribution in [0.25, 0.3) is 10.9 Å². The van der Waals surface area contributed by atoms with Gasteiger partial charge in [-0.1, -0.05) is 38.0 Å². The lowest BCUT2D eigenvalue weighted by Crippen LogP contribution is -2.30. The highest BCUT2D eigenvalue weighted by Crippen LogP contribution is 2.15. The second-order valence-corrected chi connectivity index (χ2v) is 4.52. The Morgan fingerprint density at radius 3 is 3.00 bits per heavy atom. The van der Waals surface area contributed by atoms with Gasteiger partial charge in [0, 0.05) is 17.1 Å². The molecule has 0 spiro atoms. The van der Waals surface area contributed by atoms with E-state index < -0.39 is 6.04 Å².